The van der Waals surface area contributed by atoms with E-state index >= 15 is 0 Å². The number of hydrogen-bond donors (Lipinski definition) is 3. The number of aromatic nitrogens is 1. The molecule has 0 aliphatic heterocycles. The van der Waals surface area contributed by atoms with Gasteiger partial charge in [0.15, 0.2) is 0 Å². The summed E-state index contributed by atoms with van der Waals surface area (Å²) in [7, 11) is -3.77. The summed E-state index contributed by atoms with van der Waals surface area (Å²) in [4.78, 5) is 47.0. The molecule has 0 radical (unpaired) electrons. The molecule has 0 unspecified atom stereocenters. The number of amides is 3. The lowest BCUT2D eigenvalue weighted by Gasteiger charge is -2.19. The lowest BCUT2D eigenvalue weighted by molar-refractivity contribution is -0.122. The smallest absolute Gasteiger partial charge is 0.251 e. The first-order valence-electron chi connectivity index (χ1n) is 10.2. The van der Waals surface area contributed by atoms with Gasteiger partial charge in [-0.05, 0) is 23.8 Å². The molecular formula is C21H27N5O6S. The Kier molecular flexibility index (Phi) is 8.88. The highest BCUT2D eigenvalue weighted by atomic mass is 32.2. The third-order valence-electron chi connectivity index (χ3n) is 4.74. The van der Waals surface area contributed by atoms with Crippen LogP contribution in [0.1, 0.15) is 29.8 Å². The van der Waals surface area contributed by atoms with Crippen molar-refractivity contribution in [2.24, 2.45) is 5.73 Å². The Bertz CT molecular complexity index is 1170. The largest absolute Gasteiger partial charge is 0.368 e. The van der Waals surface area contributed by atoms with Crippen molar-refractivity contribution in [3.63, 3.8) is 0 Å². The zero-order chi connectivity index (χ0) is 24.6. The Balaban J connectivity index is 2.02. The molecule has 2 rings (SSSR count). The van der Waals surface area contributed by atoms with Crippen LogP contribution in [0.15, 0.2) is 52.3 Å². The maximum Gasteiger partial charge on any atom is 0.251 e. The van der Waals surface area contributed by atoms with Gasteiger partial charge in [0, 0.05) is 37.5 Å². The Morgan fingerprint density at radius 3 is 2.21 bits per heavy atom. The molecule has 0 spiro atoms. The second kappa shape index (κ2) is 11.4. The molecule has 1 aromatic heterocycles. The second-order valence-corrected chi connectivity index (χ2v) is 8.98. The summed E-state index contributed by atoms with van der Waals surface area (Å²) >= 11 is 0. The van der Waals surface area contributed by atoms with E-state index in [-0.39, 0.29) is 37.6 Å². The number of nitrogens with two attached hydrogens (primary N) is 1. The number of nitrogens with one attached hydrogen (secondary N) is 2. The minimum absolute atomic E-state index is 0.0659. The third kappa shape index (κ3) is 6.99. The molecule has 0 aliphatic rings. The van der Waals surface area contributed by atoms with Gasteiger partial charge >= 0.3 is 0 Å². The fourth-order valence-electron chi connectivity index (χ4n) is 2.95. The maximum atomic E-state index is 12.7. The number of sulfonamides is 1. The lowest BCUT2D eigenvalue weighted by atomic mass is 10.1. The average Bonchev–Trinajstić information content (AvgIpc) is 2.78. The van der Waals surface area contributed by atoms with Gasteiger partial charge in [-0.3, -0.25) is 19.2 Å². The van der Waals surface area contributed by atoms with Gasteiger partial charge < -0.3 is 20.9 Å². The molecule has 0 atom stereocenters. The minimum Gasteiger partial charge on any atom is -0.368 e. The summed E-state index contributed by atoms with van der Waals surface area (Å²) in [6.07, 6.45) is 1.16. The normalized spacial score (nSPS) is 11.2. The number of hydrogen-bond acceptors (Lipinski definition) is 6. The van der Waals surface area contributed by atoms with Gasteiger partial charge in [0.05, 0.1) is 11.4 Å². The molecule has 1 heterocycles. The van der Waals surface area contributed by atoms with Crippen molar-refractivity contribution < 1.29 is 22.8 Å². The van der Waals surface area contributed by atoms with Crippen LogP contribution in [0.2, 0.25) is 0 Å². The standard InChI is InChI=1S/C21H27N5O6S/c1-3-26(4-2)33(31,32)17-9-10-20(29)25(13-17)14-19(28)23-11-15-5-7-16(8-6-15)21(30)24-12-18(22)27/h5-10,13H,3-4,11-12,14H2,1-2H3,(H2,22,27)(H,23,28)(H,24,30). The first-order valence-corrected chi connectivity index (χ1v) is 11.6. The number of rotatable bonds is 11. The Morgan fingerprint density at radius 2 is 1.64 bits per heavy atom. The molecule has 3 amide bonds. The van der Waals surface area contributed by atoms with Crippen LogP contribution in [0.3, 0.4) is 0 Å². The van der Waals surface area contributed by atoms with E-state index in [0.717, 1.165) is 16.8 Å². The van der Waals surface area contributed by atoms with Crippen LogP contribution in [-0.4, -0.2) is 54.6 Å². The summed E-state index contributed by atoms with van der Waals surface area (Å²) in [5.74, 6) is -1.60. The van der Waals surface area contributed by atoms with E-state index in [0.29, 0.717) is 11.1 Å². The van der Waals surface area contributed by atoms with Crippen molar-refractivity contribution in [2.45, 2.75) is 31.8 Å². The summed E-state index contributed by atoms with van der Waals surface area (Å²) in [5.41, 5.74) is 5.50. The van der Waals surface area contributed by atoms with Crippen LogP contribution in [0.4, 0.5) is 0 Å². The van der Waals surface area contributed by atoms with E-state index in [9.17, 15) is 27.6 Å². The van der Waals surface area contributed by atoms with Crippen LogP contribution in [-0.2, 0) is 32.7 Å². The molecule has 0 saturated carbocycles. The topological polar surface area (TPSA) is 161 Å². The quantitative estimate of drug-likeness (QED) is 0.392. The molecule has 0 bridgehead atoms. The lowest BCUT2D eigenvalue weighted by Crippen LogP contribution is -2.34. The minimum atomic E-state index is -3.77. The summed E-state index contributed by atoms with van der Waals surface area (Å²) in [6, 6.07) is 8.66. The summed E-state index contributed by atoms with van der Waals surface area (Å²) in [6.45, 7) is 3.50. The predicted octanol–water partition coefficient (Wildman–Crippen LogP) is -0.590. The van der Waals surface area contributed by atoms with Crippen LogP contribution in [0.5, 0.6) is 0 Å². The molecule has 33 heavy (non-hydrogen) atoms. The molecule has 11 nitrogen and oxygen atoms in total. The highest BCUT2D eigenvalue weighted by Gasteiger charge is 2.22. The van der Waals surface area contributed by atoms with E-state index in [1.165, 1.54) is 22.5 Å². The summed E-state index contributed by atoms with van der Waals surface area (Å²) in [5, 5.41) is 5.02. The van der Waals surface area contributed by atoms with Gasteiger partial charge in [-0.1, -0.05) is 26.0 Å². The van der Waals surface area contributed by atoms with Crippen LogP contribution < -0.4 is 21.9 Å². The third-order valence-corrected chi connectivity index (χ3v) is 6.78. The molecule has 0 aliphatic carbocycles. The molecule has 178 valence electrons. The first-order chi connectivity index (χ1) is 15.6. The number of pyridine rings is 1. The number of carbonyl (C=O) groups excluding carboxylic acids is 3. The fourth-order valence-corrected chi connectivity index (χ4v) is 4.43. The SMILES string of the molecule is CCN(CC)S(=O)(=O)c1ccc(=O)n(CC(=O)NCc2ccc(C(=O)NCC(N)=O)cc2)c1. The highest BCUT2D eigenvalue weighted by Crippen LogP contribution is 2.13. The first kappa shape index (κ1) is 25.7. The predicted molar refractivity (Wildman–Crippen MR) is 121 cm³/mol. The van der Waals surface area contributed by atoms with Crippen molar-refractivity contribution in [3.8, 4) is 0 Å². The Labute approximate surface area is 191 Å². The Hall–Kier alpha value is -3.51. The maximum absolute atomic E-state index is 12.7. The number of primary amides is 1. The van der Waals surface area contributed by atoms with Gasteiger partial charge in [-0.2, -0.15) is 4.31 Å². The van der Waals surface area contributed by atoms with E-state index in [2.05, 4.69) is 10.6 Å². The van der Waals surface area contributed by atoms with E-state index in [1.54, 1.807) is 26.0 Å². The molecule has 0 fully saturated rings. The van der Waals surface area contributed by atoms with E-state index in [4.69, 9.17) is 5.73 Å². The van der Waals surface area contributed by atoms with E-state index < -0.39 is 33.3 Å². The van der Waals surface area contributed by atoms with Gasteiger partial charge in [-0.15, -0.1) is 0 Å². The molecule has 0 saturated heterocycles. The molecule has 2 aromatic rings. The van der Waals surface area contributed by atoms with Crippen molar-refractivity contribution in [3.05, 3.63) is 64.1 Å². The zero-order valence-electron chi connectivity index (χ0n) is 18.4. The average molecular weight is 478 g/mol. The number of nitrogens with zero attached hydrogens (tertiary/aromatic N) is 2. The number of benzene rings is 1. The van der Waals surface area contributed by atoms with Crippen LogP contribution in [0.25, 0.3) is 0 Å². The van der Waals surface area contributed by atoms with Crippen molar-refractivity contribution in [1.29, 1.82) is 0 Å². The van der Waals surface area contributed by atoms with Crippen molar-refractivity contribution >= 4 is 27.7 Å². The molecule has 1 aromatic carbocycles. The van der Waals surface area contributed by atoms with Gasteiger partial charge in [0.2, 0.25) is 21.8 Å². The van der Waals surface area contributed by atoms with Gasteiger partial charge in [0.1, 0.15) is 6.54 Å². The van der Waals surface area contributed by atoms with E-state index in [1.807, 2.05) is 0 Å². The number of carbonyl (C=O) groups is 3. The monoisotopic (exact) mass is 477 g/mol. The zero-order valence-corrected chi connectivity index (χ0v) is 19.2. The Morgan fingerprint density at radius 1 is 1.00 bits per heavy atom. The fraction of sp³-hybridized carbons (Fsp3) is 0.333. The van der Waals surface area contributed by atoms with Crippen molar-refractivity contribution in [1.82, 2.24) is 19.5 Å². The molecular weight excluding hydrogens is 450 g/mol. The van der Waals surface area contributed by atoms with Gasteiger partial charge in [-0.25, -0.2) is 8.42 Å². The van der Waals surface area contributed by atoms with Crippen LogP contribution >= 0.6 is 0 Å². The second-order valence-electron chi connectivity index (χ2n) is 7.04. The molecule has 4 N–H and O–H groups in total. The van der Waals surface area contributed by atoms with Gasteiger partial charge in [0.25, 0.3) is 11.5 Å². The summed E-state index contributed by atoms with van der Waals surface area (Å²) < 4.78 is 27.6. The van der Waals surface area contributed by atoms with Crippen LogP contribution in [0, 0.1) is 0 Å². The molecule has 12 heteroatoms. The highest BCUT2D eigenvalue weighted by molar-refractivity contribution is 7.89. The van der Waals surface area contributed by atoms with Crippen molar-refractivity contribution in [2.75, 3.05) is 19.6 Å².